The maximum atomic E-state index is 12.8. The minimum absolute atomic E-state index is 0.0831. The van der Waals surface area contributed by atoms with Crippen molar-refractivity contribution in [1.29, 1.82) is 0 Å². The van der Waals surface area contributed by atoms with Gasteiger partial charge in [-0.15, -0.1) is 11.3 Å². The lowest BCUT2D eigenvalue weighted by atomic mass is 10.1. The number of benzene rings is 1. The Morgan fingerprint density at radius 2 is 1.92 bits per heavy atom. The van der Waals surface area contributed by atoms with Crippen LogP contribution in [0.25, 0.3) is 10.2 Å². The highest BCUT2D eigenvalue weighted by atomic mass is 32.2. The molecule has 0 aliphatic rings. The van der Waals surface area contributed by atoms with Gasteiger partial charge < -0.3 is 10.1 Å². The summed E-state index contributed by atoms with van der Waals surface area (Å²) in [7, 11) is -3.77. The predicted molar refractivity (Wildman–Crippen MR) is 98.3 cm³/mol. The molecule has 1 aromatic carbocycles. The Labute approximate surface area is 151 Å². The highest BCUT2D eigenvalue weighted by Gasteiger charge is 2.29. The third-order valence-corrected chi connectivity index (χ3v) is 5.84. The number of amides is 1. The normalized spacial score (nSPS) is 13.0. The molecule has 7 nitrogen and oxygen atoms in total. The fraction of sp³-hybridized carbons (Fsp3) is 0.500. The summed E-state index contributed by atoms with van der Waals surface area (Å²) < 4.78 is 33.9. The minimum Gasteiger partial charge on any atom is -0.444 e. The van der Waals surface area contributed by atoms with E-state index in [0.29, 0.717) is 10.2 Å². The second kappa shape index (κ2) is 6.89. The van der Waals surface area contributed by atoms with Crippen molar-refractivity contribution >= 4 is 37.7 Å². The first-order chi connectivity index (χ1) is 11.4. The highest BCUT2D eigenvalue weighted by molar-refractivity contribution is 7.90. The molecule has 2 N–H and O–H groups in total. The summed E-state index contributed by atoms with van der Waals surface area (Å²) >= 11 is 1.27. The molecule has 25 heavy (non-hydrogen) atoms. The number of fused-ring (bicyclic) bond motifs is 1. The quantitative estimate of drug-likeness (QED) is 0.825. The lowest BCUT2D eigenvalue weighted by Gasteiger charge is -2.27. The van der Waals surface area contributed by atoms with Crippen molar-refractivity contribution in [2.45, 2.75) is 50.7 Å². The third kappa shape index (κ3) is 5.38. The van der Waals surface area contributed by atoms with E-state index in [1.807, 2.05) is 0 Å². The topological polar surface area (TPSA) is 97.4 Å². The van der Waals surface area contributed by atoms with Gasteiger partial charge in [0.1, 0.15) is 10.5 Å². The molecule has 1 aromatic heterocycles. The fourth-order valence-electron chi connectivity index (χ4n) is 2.13. The van der Waals surface area contributed by atoms with Gasteiger partial charge in [-0.05, 0) is 46.8 Å². The molecule has 0 saturated carbocycles. The first kappa shape index (κ1) is 19.6. The summed E-state index contributed by atoms with van der Waals surface area (Å²) in [6, 6.07) is 4.96. The molecular formula is C16H23N3O4S2. The van der Waals surface area contributed by atoms with Gasteiger partial charge in [0.15, 0.2) is 0 Å². The molecule has 0 fully saturated rings. The second-order valence-corrected chi connectivity index (χ2v) is 9.81. The van der Waals surface area contributed by atoms with Crippen LogP contribution in [0.2, 0.25) is 0 Å². The van der Waals surface area contributed by atoms with Gasteiger partial charge in [-0.3, -0.25) is 0 Å². The van der Waals surface area contributed by atoms with Gasteiger partial charge in [-0.25, -0.2) is 22.9 Å². The maximum absolute atomic E-state index is 12.8. The zero-order valence-corrected chi connectivity index (χ0v) is 16.5. The van der Waals surface area contributed by atoms with Crippen LogP contribution in [0.4, 0.5) is 4.79 Å². The largest absolute Gasteiger partial charge is 0.444 e. The average molecular weight is 386 g/mol. The third-order valence-electron chi connectivity index (χ3n) is 3.09. The number of hydrogen-bond donors (Lipinski definition) is 2. The van der Waals surface area contributed by atoms with Crippen molar-refractivity contribution < 1.29 is 17.9 Å². The standard InChI is InChI=1S/C16H23N3O4S2/c1-15(2,3)23-14(20)17-9-16(4,5)19-25(21,22)12-8-6-7-11-13(12)24-10-18-11/h6-8,10,19H,9H2,1-5H3,(H,17,20). The molecule has 2 aromatic rings. The van der Waals surface area contributed by atoms with Crippen LogP contribution in [-0.2, 0) is 14.8 Å². The van der Waals surface area contributed by atoms with Crippen LogP contribution in [0.5, 0.6) is 0 Å². The zero-order valence-electron chi connectivity index (χ0n) is 14.9. The molecule has 0 saturated heterocycles. The summed E-state index contributed by atoms with van der Waals surface area (Å²) in [5.41, 5.74) is 0.731. The predicted octanol–water partition coefficient (Wildman–Crippen LogP) is 2.88. The van der Waals surface area contributed by atoms with Gasteiger partial charge in [0, 0.05) is 12.1 Å². The van der Waals surface area contributed by atoms with E-state index in [9.17, 15) is 13.2 Å². The minimum atomic E-state index is -3.77. The Morgan fingerprint density at radius 3 is 2.56 bits per heavy atom. The van der Waals surface area contributed by atoms with E-state index in [2.05, 4.69) is 15.0 Å². The van der Waals surface area contributed by atoms with E-state index in [-0.39, 0.29) is 11.4 Å². The number of carbonyl (C=O) groups is 1. The molecule has 0 aliphatic heterocycles. The summed E-state index contributed by atoms with van der Waals surface area (Å²) in [5, 5.41) is 2.59. The van der Waals surface area contributed by atoms with E-state index in [0.717, 1.165) is 0 Å². The summed E-state index contributed by atoms with van der Waals surface area (Å²) in [5.74, 6) is 0. The monoisotopic (exact) mass is 385 g/mol. The number of alkyl carbamates (subject to hydrolysis) is 1. The van der Waals surface area contributed by atoms with Gasteiger partial charge in [0.25, 0.3) is 0 Å². The number of ether oxygens (including phenoxy) is 1. The number of nitrogens with one attached hydrogen (secondary N) is 2. The first-order valence-corrected chi connectivity index (χ1v) is 10.1. The molecule has 0 aliphatic carbocycles. The molecule has 2 rings (SSSR count). The first-order valence-electron chi connectivity index (χ1n) is 7.73. The van der Waals surface area contributed by atoms with Crippen molar-refractivity contribution in [1.82, 2.24) is 15.0 Å². The lowest BCUT2D eigenvalue weighted by Crippen LogP contribution is -2.51. The molecule has 1 amide bonds. The van der Waals surface area contributed by atoms with Crippen molar-refractivity contribution in [3.63, 3.8) is 0 Å². The van der Waals surface area contributed by atoms with Crippen molar-refractivity contribution in [2.75, 3.05) is 6.54 Å². The zero-order chi connectivity index (χ0) is 18.9. The van der Waals surface area contributed by atoms with Crippen LogP contribution >= 0.6 is 11.3 Å². The van der Waals surface area contributed by atoms with Gasteiger partial charge in [-0.2, -0.15) is 0 Å². The smallest absolute Gasteiger partial charge is 0.407 e. The Balaban J connectivity index is 2.11. The Morgan fingerprint density at radius 1 is 1.24 bits per heavy atom. The molecule has 9 heteroatoms. The number of sulfonamides is 1. The van der Waals surface area contributed by atoms with E-state index in [4.69, 9.17) is 4.74 Å². The number of aromatic nitrogens is 1. The van der Waals surface area contributed by atoms with E-state index < -0.39 is 27.3 Å². The van der Waals surface area contributed by atoms with Crippen LogP contribution in [0.1, 0.15) is 34.6 Å². The summed E-state index contributed by atoms with van der Waals surface area (Å²) in [4.78, 5) is 16.1. The average Bonchev–Trinajstić information content (AvgIpc) is 2.90. The van der Waals surface area contributed by atoms with Crippen molar-refractivity contribution in [3.05, 3.63) is 23.7 Å². The van der Waals surface area contributed by atoms with Gasteiger partial charge >= 0.3 is 6.09 Å². The highest BCUT2D eigenvalue weighted by Crippen LogP contribution is 2.26. The van der Waals surface area contributed by atoms with E-state index in [1.54, 1.807) is 58.3 Å². The number of carbonyl (C=O) groups excluding carboxylic acids is 1. The molecule has 0 unspecified atom stereocenters. The van der Waals surface area contributed by atoms with Crippen LogP contribution in [-0.4, -0.2) is 37.2 Å². The molecule has 0 spiro atoms. The van der Waals surface area contributed by atoms with Crippen LogP contribution in [0.3, 0.4) is 0 Å². The van der Waals surface area contributed by atoms with Crippen molar-refractivity contribution in [3.8, 4) is 0 Å². The summed E-state index contributed by atoms with van der Waals surface area (Å²) in [6.07, 6.45) is -0.593. The molecule has 1 heterocycles. The van der Waals surface area contributed by atoms with E-state index >= 15 is 0 Å². The lowest BCUT2D eigenvalue weighted by molar-refractivity contribution is 0.0516. The van der Waals surface area contributed by atoms with Crippen LogP contribution in [0, 0.1) is 0 Å². The Kier molecular flexibility index (Phi) is 5.41. The number of thiazole rings is 1. The van der Waals surface area contributed by atoms with Gasteiger partial charge in [0.05, 0.1) is 15.7 Å². The number of hydrogen-bond acceptors (Lipinski definition) is 6. The van der Waals surface area contributed by atoms with Gasteiger partial charge in [-0.1, -0.05) is 6.07 Å². The number of nitrogens with zero attached hydrogens (tertiary/aromatic N) is 1. The molecule has 138 valence electrons. The molecule has 0 radical (unpaired) electrons. The SMILES string of the molecule is CC(C)(CNC(=O)OC(C)(C)C)NS(=O)(=O)c1cccc2ncsc12. The van der Waals surface area contributed by atoms with Crippen LogP contribution in [0.15, 0.2) is 28.6 Å². The molecular weight excluding hydrogens is 362 g/mol. The Bertz CT molecular complexity index is 867. The van der Waals surface area contributed by atoms with E-state index in [1.165, 1.54) is 11.3 Å². The Hall–Kier alpha value is -1.71. The second-order valence-electron chi connectivity index (χ2n) is 7.30. The maximum Gasteiger partial charge on any atom is 0.407 e. The molecule has 0 atom stereocenters. The van der Waals surface area contributed by atoms with Gasteiger partial charge in [0.2, 0.25) is 10.0 Å². The molecule has 0 bridgehead atoms. The van der Waals surface area contributed by atoms with Crippen molar-refractivity contribution in [2.24, 2.45) is 0 Å². The van der Waals surface area contributed by atoms with Crippen LogP contribution < -0.4 is 10.0 Å². The number of rotatable bonds is 5. The summed E-state index contributed by atoms with van der Waals surface area (Å²) in [6.45, 7) is 8.74. The fourth-order valence-corrected chi connectivity index (χ4v) is 4.82.